The monoisotopic (exact) mass is 344 g/mol. The molecule has 2 rings (SSSR count). The van der Waals surface area contributed by atoms with Crippen molar-refractivity contribution in [3.63, 3.8) is 0 Å². The largest absolute Gasteiger partial charge is 0.389 e. The van der Waals surface area contributed by atoms with E-state index in [0.717, 1.165) is 5.56 Å². The van der Waals surface area contributed by atoms with Crippen LogP contribution in [0.25, 0.3) is 0 Å². The smallest absolute Gasteiger partial charge is 0.227 e. The summed E-state index contributed by atoms with van der Waals surface area (Å²) in [5, 5.41) is 10.8. The van der Waals surface area contributed by atoms with Gasteiger partial charge < -0.3 is 14.9 Å². The second-order valence-corrected chi connectivity index (χ2v) is 6.20. The quantitative estimate of drug-likeness (QED) is 0.886. The van der Waals surface area contributed by atoms with E-state index in [1.807, 2.05) is 0 Å². The zero-order chi connectivity index (χ0) is 16.3. The lowest BCUT2D eigenvalue weighted by Gasteiger charge is -2.21. The van der Waals surface area contributed by atoms with Gasteiger partial charge in [-0.05, 0) is 17.7 Å². The molecule has 5 nitrogen and oxygen atoms in total. The maximum atomic E-state index is 12.4. The number of hydrogen-bond donors (Lipinski definition) is 1. The van der Waals surface area contributed by atoms with Crippen molar-refractivity contribution < 1.29 is 14.7 Å². The number of rotatable bonds is 2. The number of carbonyl (C=O) groups is 2. The van der Waals surface area contributed by atoms with Crippen molar-refractivity contribution in [3.8, 4) is 0 Å². The predicted molar refractivity (Wildman–Crippen MR) is 85.0 cm³/mol. The molecule has 1 aliphatic heterocycles. The van der Waals surface area contributed by atoms with Gasteiger partial charge in [0.2, 0.25) is 11.8 Å². The van der Waals surface area contributed by atoms with E-state index in [1.54, 1.807) is 28.0 Å². The summed E-state index contributed by atoms with van der Waals surface area (Å²) in [7, 11) is 0. The highest BCUT2D eigenvalue weighted by molar-refractivity contribution is 6.42. The van der Waals surface area contributed by atoms with Gasteiger partial charge in [-0.2, -0.15) is 0 Å². The van der Waals surface area contributed by atoms with Crippen LogP contribution in [0, 0.1) is 0 Å². The standard InChI is InChI=1S/C15H18Cl2N2O3/c1-10(20)18-4-5-19(9-12(21)8-18)15(22)7-11-2-3-13(16)14(17)6-11/h2-3,6,12,21H,4-5,7-9H2,1H3. The third-order valence-electron chi connectivity index (χ3n) is 3.64. The van der Waals surface area contributed by atoms with Gasteiger partial charge in [-0.1, -0.05) is 29.3 Å². The Morgan fingerprint density at radius 3 is 2.45 bits per heavy atom. The maximum Gasteiger partial charge on any atom is 0.227 e. The normalized spacial score (nSPS) is 19.0. The number of aliphatic hydroxyl groups is 1. The summed E-state index contributed by atoms with van der Waals surface area (Å²) in [6.45, 7) is 2.78. The average Bonchev–Trinajstić information content (AvgIpc) is 2.65. The van der Waals surface area contributed by atoms with Crippen LogP contribution in [0.2, 0.25) is 10.0 Å². The Kier molecular flexibility index (Phi) is 5.67. The van der Waals surface area contributed by atoms with Crippen LogP contribution in [-0.2, 0) is 16.0 Å². The summed E-state index contributed by atoms with van der Waals surface area (Å²) in [5.41, 5.74) is 0.765. The summed E-state index contributed by atoms with van der Waals surface area (Å²) in [5.74, 6) is -0.208. The Labute approximate surface area is 139 Å². The molecule has 120 valence electrons. The van der Waals surface area contributed by atoms with Crippen LogP contribution < -0.4 is 0 Å². The van der Waals surface area contributed by atoms with Gasteiger partial charge in [0.15, 0.2) is 0 Å². The number of nitrogens with zero attached hydrogens (tertiary/aromatic N) is 2. The van der Waals surface area contributed by atoms with Gasteiger partial charge in [0.05, 0.1) is 22.6 Å². The SMILES string of the molecule is CC(=O)N1CCN(C(=O)Cc2ccc(Cl)c(Cl)c2)CC(O)C1. The molecule has 1 aromatic carbocycles. The van der Waals surface area contributed by atoms with E-state index in [0.29, 0.717) is 23.1 Å². The number of hydrogen-bond acceptors (Lipinski definition) is 3. The highest BCUT2D eigenvalue weighted by Gasteiger charge is 2.25. The van der Waals surface area contributed by atoms with Crippen LogP contribution >= 0.6 is 23.2 Å². The van der Waals surface area contributed by atoms with Gasteiger partial charge in [0.1, 0.15) is 0 Å². The van der Waals surface area contributed by atoms with E-state index in [-0.39, 0.29) is 31.3 Å². The minimum Gasteiger partial charge on any atom is -0.389 e. The van der Waals surface area contributed by atoms with Gasteiger partial charge in [-0.25, -0.2) is 0 Å². The predicted octanol–water partition coefficient (Wildman–Crippen LogP) is 1.59. The zero-order valence-electron chi connectivity index (χ0n) is 12.3. The topological polar surface area (TPSA) is 60.9 Å². The van der Waals surface area contributed by atoms with Gasteiger partial charge in [-0.3, -0.25) is 9.59 Å². The van der Waals surface area contributed by atoms with Crippen molar-refractivity contribution in [3.05, 3.63) is 33.8 Å². The fourth-order valence-corrected chi connectivity index (χ4v) is 2.76. The van der Waals surface area contributed by atoms with Gasteiger partial charge in [-0.15, -0.1) is 0 Å². The molecular formula is C15H18Cl2N2O3. The van der Waals surface area contributed by atoms with E-state index in [2.05, 4.69) is 0 Å². The molecule has 1 fully saturated rings. The van der Waals surface area contributed by atoms with E-state index in [4.69, 9.17) is 23.2 Å². The van der Waals surface area contributed by atoms with Gasteiger partial charge in [0, 0.05) is 33.1 Å². The van der Waals surface area contributed by atoms with Gasteiger partial charge in [0.25, 0.3) is 0 Å². The van der Waals surface area contributed by atoms with E-state index >= 15 is 0 Å². The number of amides is 2. The number of carbonyl (C=O) groups excluding carboxylic acids is 2. The van der Waals surface area contributed by atoms with Crippen LogP contribution in [-0.4, -0.2) is 59.0 Å². The molecule has 1 atom stereocenters. The molecule has 1 N–H and O–H groups in total. The van der Waals surface area contributed by atoms with E-state index < -0.39 is 6.10 Å². The highest BCUT2D eigenvalue weighted by Crippen LogP contribution is 2.23. The lowest BCUT2D eigenvalue weighted by Crippen LogP contribution is -2.38. The van der Waals surface area contributed by atoms with Crippen molar-refractivity contribution in [2.24, 2.45) is 0 Å². The van der Waals surface area contributed by atoms with Crippen molar-refractivity contribution in [2.75, 3.05) is 26.2 Å². The number of β-amino-alcohol motifs (C(OH)–C–C–N with tert-alkyl or cyclic N) is 1. The first-order valence-corrected chi connectivity index (χ1v) is 7.77. The Hall–Kier alpha value is -1.30. The van der Waals surface area contributed by atoms with Crippen LogP contribution in [0.3, 0.4) is 0 Å². The minimum atomic E-state index is -0.732. The second kappa shape index (κ2) is 7.31. The molecule has 7 heteroatoms. The van der Waals surface area contributed by atoms with Crippen molar-refractivity contribution in [1.82, 2.24) is 9.80 Å². The molecule has 1 saturated heterocycles. The summed E-state index contributed by atoms with van der Waals surface area (Å²) in [4.78, 5) is 26.9. The summed E-state index contributed by atoms with van der Waals surface area (Å²) < 4.78 is 0. The van der Waals surface area contributed by atoms with Crippen LogP contribution in [0.5, 0.6) is 0 Å². The Bertz CT molecular complexity index is 580. The summed E-state index contributed by atoms with van der Waals surface area (Å²) in [6.07, 6.45) is -0.548. The average molecular weight is 345 g/mol. The molecule has 0 spiro atoms. The molecular weight excluding hydrogens is 327 g/mol. The van der Waals surface area contributed by atoms with Crippen LogP contribution in [0.1, 0.15) is 12.5 Å². The molecule has 0 radical (unpaired) electrons. The first kappa shape index (κ1) is 17.1. The molecule has 1 unspecified atom stereocenters. The fraction of sp³-hybridized carbons (Fsp3) is 0.467. The number of benzene rings is 1. The summed E-state index contributed by atoms with van der Waals surface area (Å²) in [6, 6.07) is 5.07. The molecule has 1 heterocycles. The van der Waals surface area contributed by atoms with E-state index in [9.17, 15) is 14.7 Å². The Balaban J connectivity index is 2.02. The Morgan fingerprint density at radius 1 is 1.18 bits per heavy atom. The zero-order valence-corrected chi connectivity index (χ0v) is 13.8. The molecule has 1 aliphatic rings. The second-order valence-electron chi connectivity index (χ2n) is 5.38. The van der Waals surface area contributed by atoms with Crippen LogP contribution in [0.4, 0.5) is 0 Å². The molecule has 1 aromatic rings. The van der Waals surface area contributed by atoms with Crippen molar-refractivity contribution in [1.29, 1.82) is 0 Å². The molecule has 0 aliphatic carbocycles. The van der Waals surface area contributed by atoms with E-state index in [1.165, 1.54) is 6.92 Å². The minimum absolute atomic E-state index is 0.0992. The first-order valence-electron chi connectivity index (χ1n) is 7.02. The highest BCUT2D eigenvalue weighted by atomic mass is 35.5. The van der Waals surface area contributed by atoms with Crippen molar-refractivity contribution >= 4 is 35.0 Å². The number of aliphatic hydroxyl groups excluding tert-OH is 1. The van der Waals surface area contributed by atoms with Crippen LogP contribution in [0.15, 0.2) is 18.2 Å². The van der Waals surface area contributed by atoms with Crippen molar-refractivity contribution in [2.45, 2.75) is 19.4 Å². The Morgan fingerprint density at radius 2 is 1.82 bits per heavy atom. The number of halogens is 2. The molecule has 22 heavy (non-hydrogen) atoms. The molecule has 0 aromatic heterocycles. The lowest BCUT2D eigenvalue weighted by atomic mass is 10.1. The molecule has 2 amide bonds. The maximum absolute atomic E-state index is 12.4. The first-order chi connectivity index (χ1) is 10.4. The fourth-order valence-electron chi connectivity index (χ4n) is 2.44. The third kappa shape index (κ3) is 4.35. The third-order valence-corrected chi connectivity index (χ3v) is 4.38. The summed E-state index contributed by atoms with van der Waals surface area (Å²) >= 11 is 11.8. The lowest BCUT2D eigenvalue weighted by molar-refractivity contribution is -0.132. The van der Waals surface area contributed by atoms with Gasteiger partial charge >= 0.3 is 0 Å². The molecule has 0 saturated carbocycles. The molecule has 0 bridgehead atoms.